The maximum absolute atomic E-state index is 12.1. The van der Waals surface area contributed by atoms with Gasteiger partial charge in [0.1, 0.15) is 0 Å². The number of amides is 1. The highest BCUT2D eigenvalue weighted by atomic mass is 79.9. The molecule has 2 N–H and O–H groups in total. The SMILES string of the molecule is C[C@H](NC(=O)CNS(=O)(=O)c1ccc(Br)cc1)c1ccccc1. The van der Waals surface area contributed by atoms with Crippen LogP contribution in [0.15, 0.2) is 64.0 Å². The van der Waals surface area contributed by atoms with Crippen LogP contribution < -0.4 is 10.0 Å². The fourth-order valence-corrected chi connectivity index (χ4v) is 3.22. The summed E-state index contributed by atoms with van der Waals surface area (Å²) >= 11 is 3.24. The molecule has 0 aliphatic rings. The summed E-state index contributed by atoms with van der Waals surface area (Å²) in [7, 11) is -3.70. The zero-order chi connectivity index (χ0) is 16.9. The van der Waals surface area contributed by atoms with Crippen LogP contribution >= 0.6 is 15.9 Å². The van der Waals surface area contributed by atoms with Crippen molar-refractivity contribution in [3.63, 3.8) is 0 Å². The van der Waals surface area contributed by atoms with Crippen molar-refractivity contribution < 1.29 is 13.2 Å². The van der Waals surface area contributed by atoms with E-state index in [2.05, 4.69) is 26.0 Å². The summed E-state index contributed by atoms with van der Waals surface area (Å²) in [4.78, 5) is 12.0. The Balaban J connectivity index is 1.92. The molecule has 0 spiro atoms. The van der Waals surface area contributed by atoms with Gasteiger partial charge in [-0.2, -0.15) is 0 Å². The molecule has 0 aliphatic carbocycles. The lowest BCUT2D eigenvalue weighted by molar-refractivity contribution is -0.120. The molecule has 0 saturated carbocycles. The number of halogens is 1. The molecule has 5 nitrogen and oxygen atoms in total. The predicted molar refractivity (Wildman–Crippen MR) is 92.3 cm³/mol. The van der Waals surface area contributed by atoms with Gasteiger partial charge in [0, 0.05) is 4.47 Å². The largest absolute Gasteiger partial charge is 0.348 e. The smallest absolute Gasteiger partial charge is 0.241 e. The molecule has 122 valence electrons. The lowest BCUT2D eigenvalue weighted by atomic mass is 10.1. The highest BCUT2D eigenvalue weighted by Crippen LogP contribution is 2.14. The topological polar surface area (TPSA) is 75.3 Å². The van der Waals surface area contributed by atoms with Crippen molar-refractivity contribution in [3.05, 3.63) is 64.6 Å². The van der Waals surface area contributed by atoms with E-state index in [0.717, 1.165) is 10.0 Å². The number of nitrogens with one attached hydrogen (secondary N) is 2. The quantitative estimate of drug-likeness (QED) is 0.787. The van der Waals surface area contributed by atoms with Crippen LogP contribution in [0.1, 0.15) is 18.5 Å². The Hall–Kier alpha value is -1.70. The van der Waals surface area contributed by atoms with E-state index in [-0.39, 0.29) is 23.4 Å². The van der Waals surface area contributed by atoms with E-state index in [0.29, 0.717) is 0 Å². The highest BCUT2D eigenvalue weighted by molar-refractivity contribution is 9.10. The first-order valence-corrected chi connectivity index (χ1v) is 9.25. The number of carbonyl (C=O) groups is 1. The van der Waals surface area contributed by atoms with E-state index >= 15 is 0 Å². The van der Waals surface area contributed by atoms with Gasteiger partial charge in [0.15, 0.2) is 0 Å². The number of benzene rings is 2. The van der Waals surface area contributed by atoms with E-state index in [1.807, 2.05) is 37.3 Å². The lowest BCUT2D eigenvalue weighted by Gasteiger charge is -2.14. The van der Waals surface area contributed by atoms with Crippen LogP contribution in [0, 0.1) is 0 Å². The second kappa shape index (κ2) is 7.72. The third-order valence-corrected chi connectivity index (χ3v) is 5.17. The molecule has 2 aromatic rings. The first-order chi connectivity index (χ1) is 10.9. The summed E-state index contributed by atoms with van der Waals surface area (Å²) in [6.07, 6.45) is 0. The van der Waals surface area contributed by atoms with Crippen LogP contribution in [0.5, 0.6) is 0 Å². The molecule has 2 aromatic carbocycles. The molecule has 23 heavy (non-hydrogen) atoms. The van der Waals surface area contributed by atoms with E-state index in [1.54, 1.807) is 12.1 Å². The van der Waals surface area contributed by atoms with Crippen LogP contribution in [0.25, 0.3) is 0 Å². The number of rotatable bonds is 6. The second-order valence-electron chi connectivity index (χ2n) is 4.98. The molecule has 0 fully saturated rings. The lowest BCUT2D eigenvalue weighted by Crippen LogP contribution is -2.38. The molecule has 2 rings (SSSR count). The van der Waals surface area contributed by atoms with Gasteiger partial charge in [-0.15, -0.1) is 0 Å². The fourth-order valence-electron chi connectivity index (χ4n) is 1.98. The van der Waals surface area contributed by atoms with Crippen molar-refractivity contribution in [1.29, 1.82) is 0 Å². The molecule has 0 heterocycles. The zero-order valence-corrected chi connectivity index (χ0v) is 14.9. The molecule has 1 amide bonds. The third kappa shape index (κ3) is 5.16. The highest BCUT2D eigenvalue weighted by Gasteiger charge is 2.16. The summed E-state index contributed by atoms with van der Waals surface area (Å²) in [5.74, 6) is -0.387. The Kier molecular flexibility index (Phi) is 5.92. The molecule has 7 heteroatoms. The molecular formula is C16H17BrN2O3S. The standard InChI is InChI=1S/C16H17BrN2O3S/c1-12(13-5-3-2-4-6-13)19-16(20)11-18-23(21,22)15-9-7-14(17)8-10-15/h2-10,12,18H,11H2,1H3,(H,19,20)/t12-/m0/s1. The Labute approximate surface area is 144 Å². The molecule has 0 radical (unpaired) electrons. The number of sulfonamides is 1. The van der Waals surface area contributed by atoms with Crippen molar-refractivity contribution in [2.75, 3.05) is 6.54 Å². The minimum atomic E-state index is -3.70. The summed E-state index contributed by atoms with van der Waals surface area (Å²) in [6, 6.07) is 15.5. The monoisotopic (exact) mass is 396 g/mol. The van der Waals surface area contributed by atoms with Crippen molar-refractivity contribution in [2.24, 2.45) is 0 Å². The van der Waals surface area contributed by atoms with Crippen LogP contribution in [0.2, 0.25) is 0 Å². The molecule has 0 bridgehead atoms. The van der Waals surface area contributed by atoms with Gasteiger partial charge < -0.3 is 5.32 Å². The van der Waals surface area contributed by atoms with Crippen LogP contribution in [0.4, 0.5) is 0 Å². The van der Waals surface area contributed by atoms with E-state index in [9.17, 15) is 13.2 Å². The Bertz CT molecular complexity index is 762. The molecule has 0 aliphatic heterocycles. The van der Waals surface area contributed by atoms with E-state index < -0.39 is 10.0 Å². The third-order valence-electron chi connectivity index (χ3n) is 3.22. The van der Waals surface area contributed by atoms with Gasteiger partial charge in [0.2, 0.25) is 15.9 Å². The van der Waals surface area contributed by atoms with Crippen molar-refractivity contribution in [3.8, 4) is 0 Å². The number of hydrogen-bond donors (Lipinski definition) is 2. The van der Waals surface area contributed by atoms with Crippen molar-refractivity contribution >= 4 is 31.9 Å². The van der Waals surface area contributed by atoms with Crippen LogP contribution in [0.3, 0.4) is 0 Å². The van der Waals surface area contributed by atoms with E-state index in [4.69, 9.17) is 0 Å². The van der Waals surface area contributed by atoms with Gasteiger partial charge in [0.25, 0.3) is 0 Å². The van der Waals surface area contributed by atoms with Crippen LogP contribution in [-0.2, 0) is 14.8 Å². The first-order valence-electron chi connectivity index (χ1n) is 6.98. The average Bonchev–Trinajstić information content (AvgIpc) is 2.54. The average molecular weight is 397 g/mol. The summed E-state index contributed by atoms with van der Waals surface area (Å²) in [5, 5.41) is 2.76. The summed E-state index contributed by atoms with van der Waals surface area (Å²) < 4.78 is 27.3. The van der Waals surface area contributed by atoms with Gasteiger partial charge in [-0.1, -0.05) is 46.3 Å². The van der Waals surface area contributed by atoms with Gasteiger partial charge in [-0.3, -0.25) is 4.79 Å². The summed E-state index contributed by atoms with van der Waals surface area (Å²) in [5.41, 5.74) is 0.955. The normalized spacial score (nSPS) is 12.6. The predicted octanol–water partition coefficient (Wildman–Crippen LogP) is 2.60. The molecular weight excluding hydrogens is 380 g/mol. The fraction of sp³-hybridized carbons (Fsp3) is 0.188. The Morgan fingerprint density at radius 3 is 2.30 bits per heavy atom. The molecule has 0 saturated heterocycles. The Morgan fingerprint density at radius 1 is 1.09 bits per heavy atom. The first kappa shape index (κ1) is 17.7. The minimum Gasteiger partial charge on any atom is -0.348 e. The second-order valence-corrected chi connectivity index (χ2v) is 7.66. The van der Waals surface area contributed by atoms with Crippen molar-refractivity contribution in [2.45, 2.75) is 17.9 Å². The number of hydrogen-bond acceptors (Lipinski definition) is 3. The zero-order valence-electron chi connectivity index (χ0n) is 12.5. The van der Waals surface area contributed by atoms with Gasteiger partial charge >= 0.3 is 0 Å². The maximum atomic E-state index is 12.1. The Morgan fingerprint density at radius 2 is 1.70 bits per heavy atom. The maximum Gasteiger partial charge on any atom is 0.241 e. The molecule has 0 aromatic heterocycles. The van der Waals surface area contributed by atoms with Gasteiger partial charge in [-0.25, -0.2) is 13.1 Å². The minimum absolute atomic E-state index is 0.115. The van der Waals surface area contributed by atoms with E-state index in [1.165, 1.54) is 12.1 Å². The summed E-state index contributed by atoms with van der Waals surface area (Å²) in [6.45, 7) is 1.53. The van der Waals surface area contributed by atoms with Crippen molar-refractivity contribution in [1.82, 2.24) is 10.0 Å². The number of carbonyl (C=O) groups excluding carboxylic acids is 1. The van der Waals surface area contributed by atoms with Gasteiger partial charge in [-0.05, 0) is 36.8 Å². The molecule has 0 unspecified atom stereocenters. The van der Waals surface area contributed by atoms with Crippen LogP contribution in [-0.4, -0.2) is 20.9 Å². The molecule has 1 atom stereocenters. The van der Waals surface area contributed by atoms with Gasteiger partial charge in [0.05, 0.1) is 17.5 Å².